The lowest BCUT2D eigenvalue weighted by Crippen LogP contribution is -2.47. The number of guanidine groups is 2. The van der Waals surface area contributed by atoms with Crippen molar-refractivity contribution in [3.05, 3.63) is 28.2 Å². The molecule has 0 aliphatic carbocycles. The van der Waals surface area contributed by atoms with E-state index >= 15 is 0 Å². The van der Waals surface area contributed by atoms with E-state index in [9.17, 15) is 0 Å². The summed E-state index contributed by atoms with van der Waals surface area (Å²) < 4.78 is 0. The number of benzene rings is 1. The molecule has 0 spiro atoms. The molecule has 0 bridgehead atoms. The van der Waals surface area contributed by atoms with Crippen LogP contribution in [0.1, 0.15) is 27.7 Å². The van der Waals surface area contributed by atoms with Gasteiger partial charge in [0.25, 0.3) is 0 Å². The molecular formula is C16H24Cl3N5. The Labute approximate surface area is 159 Å². The van der Waals surface area contributed by atoms with Crippen LogP contribution in [0.3, 0.4) is 0 Å². The van der Waals surface area contributed by atoms with Gasteiger partial charge in [-0.2, -0.15) is 0 Å². The number of nitrogens with zero attached hydrogens (tertiary/aromatic N) is 3. The van der Waals surface area contributed by atoms with Gasteiger partial charge >= 0.3 is 0 Å². The molecule has 134 valence electrons. The molecule has 0 fully saturated rings. The molecule has 0 atom stereocenters. The van der Waals surface area contributed by atoms with Crippen LogP contribution in [0.25, 0.3) is 0 Å². The molecule has 1 aromatic carbocycles. The molecular weight excluding hydrogens is 369 g/mol. The second-order valence-electron chi connectivity index (χ2n) is 5.94. The van der Waals surface area contributed by atoms with Crippen LogP contribution in [-0.2, 0) is 0 Å². The summed E-state index contributed by atoms with van der Waals surface area (Å²) in [5.74, 6) is 1.48. The predicted octanol–water partition coefficient (Wildman–Crippen LogP) is 4.26. The molecule has 0 unspecified atom stereocenters. The first-order valence-corrected chi connectivity index (χ1v) is 8.50. The van der Waals surface area contributed by atoms with E-state index in [0.29, 0.717) is 22.0 Å². The molecule has 5 nitrogen and oxygen atoms in total. The third-order valence-corrected chi connectivity index (χ3v) is 4.04. The van der Waals surface area contributed by atoms with Gasteiger partial charge in [-0.3, -0.25) is 10.3 Å². The van der Waals surface area contributed by atoms with E-state index in [1.54, 1.807) is 12.1 Å². The Morgan fingerprint density at radius 3 is 2.46 bits per heavy atom. The SMILES string of the molecule is CC(C)N=C(NC1=NCCN1C(C)C)Nc1ccc(Cl)c(Cl)c1.Cl. The standard InChI is InChI=1S/C16H23Cl2N5.ClH/c1-10(2)20-15(21-12-5-6-13(17)14(18)9-12)22-16-19-7-8-23(16)11(3)4;/h5-6,9-11H,7-8H2,1-4H3,(H2,19,20,21,22);1H. The Hall–Kier alpha value is -1.17. The number of halogens is 3. The highest BCUT2D eigenvalue weighted by Gasteiger charge is 2.21. The Kier molecular flexibility index (Phi) is 8.13. The molecule has 0 saturated heterocycles. The van der Waals surface area contributed by atoms with Gasteiger partial charge in [-0.15, -0.1) is 12.4 Å². The van der Waals surface area contributed by atoms with Crippen molar-refractivity contribution in [2.24, 2.45) is 9.98 Å². The smallest absolute Gasteiger partial charge is 0.202 e. The third-order valence-electron chi connectivity index (χ3n) is 3.30. The highest BCUT2D eigenvalue weighted by atomic mass is 35.5. The minimum absolute atomic E-state index is 0. The zero-order chi connectivity index (χ0) is 17.0. The highest BCUT2D eigenvalue weighted by Crippen LogP contribution is 2.25. The van der Waals surface area contributed by atoms with Gasteiger partial charge in [0, 0.05) is 24.3 Å². The first kappa shape index (κ1) is 20.9. The zero-order valence-corrected chi connectivity index (χ0v) is 16.6. The van der Waals surface area contributed by atoms with Gasteiger partial charge in [0.15, 0.2) is 0 Å². The molecule has 24 heavy (non-hydrogen) atoms. The normalized spacial score (nSPS) is 14.8. The second kappa shape index (κ2) is 9.35. The number of hydrogen-bond donors (Lipinski definition) is 2. The van der Waals surface area contributed by atoms with Crippen LogP contribution in [0.15, 0.2) is 28.2 Å². The van der Waals surface area contributed by atoms with E-state index in [1.165, 1.54) is 0 Å². The molecule has 1 aliphatic heterocycles. The maximum Gasteiger partial charge on any atom is 0.202 e. The van der Waals surface area contributed by atoms with Crippen molar-refractivity contribution < 1.29 is 0 Å². The van der Waals surface area contributed by atoms with E-state index in [0.717, 1.165) is 24.7 Å². The summed E-state index contributed by atoms with van der Waals surface area (Å²) in [6, 6.07) is 5.92. The van der Waals surface area contributed by atoms with Crippen molar-refractivity contribution in [2.45, 2.75) is 39.8 Å². The summed E-state index contributed by atoms with van der Waals surface area (Å²) in [7, 11) is 0. The maximum absolute atomic E-state index is 6.07. The fourth-order valence-electron chi connectivity index (χ4n) is 2.24. The van der Waals surface area contributed by atoms with Crippen molar-refractivity contribution in [3.8, 4) is 0 Å². The minimum atomic E-state index is 0. The van der Waals surface area contributed by atoms with Crippen LogP contribution in [0.5, 0.6) is 0 Å². The number of aliphatic imine (C=N–C) groups is 2. The maximum atomic E-state index is 6.07. The van der Waals surface area contributed by atoms with Gasteiger partial charge in [0.05, 0.1) is 16.6 Å². The summed E-state index contributed by atoms with van der Waals surface area (Å²) in [5.41, 5.74) is 0.820. The van der Waals surface area contributed by atoms with Crippen LogP contribution in [-0.4, -0.2) is 42.0 Å². The van der Waals surface area contributed by atoms with E-state index in [-0.39, 0.29) is 18.4 Å². The predicted molar refractivity (Wildman–Crippen MR) is 107 cm³/mol. The molecule has 0 saturated carbocycles. The summed E-state index contributed by atoms with van der Waals surface area (Å²) in [6.07, 6.45) is 0. The molecule has 0 aromatic heterocycles. The lowest BCUT2D eigenvalue weighted by Gasteiger charge is -2.26. The Morgan fingerprint density at radius 2 is 1.88 bits per heavy atom. The van der Waals surface area contributed by atoms with Crippen LogP contribution in [0.4, 0.5) is 5.69 Å². The molecule has 1 aliphatic rings. The summed E-state index contributed by atoms with van der Waals surface area (Å²) in [5, 5.41) is 7.58. The molecule has 0 radical (unpaired) electrons. The zero-order valence-electron chi connectivity index (χ0n) is 14.3. The minimum Gasteiger partial charge on any atom is -0.338 e. The Bertz CT molecular complexity index is 614. The lowest BCUT2D eigenvalue weighted by molar-refractivity contribution is 0.374. The number of nitrogens with one attached hydrogen (secondary N) is 2. The third kappa shape index (κ3) is 5.72. The summed E-state index contributed by atoms with van der Waals surface area (Å²) in [6.45, 7) is 10.1. The van der Waals surface area contributed by atoms with Crippen molar-refractivity contribution in [2.75, 3.05) is 18.4 Å². The topological polar surface area (TPSA) is 52.0 Å². The monoisotopic (exact) mass is 391 g/mol. The summed E-state index contributed by atoms with van der Waals surface area (Å²) in [4.78, 5) is 11.3. The summed E-state index contributed by atoms with van der Waals surface area (Å²) >= 11 is 12.0. The van der Waals surface area contributed by atoms with Crippen LogP contribution in [0.2, 0.25) is 10.0 Å². The van der Waals surface area contributed by atoms with E-state index in [1.807, 2.05) is 19.9 Å². The average Bonchev–Trinajstić information content (AvgIpc) is 2.90. The van der Waals surface area contributed by atoms with Gasteiger partial charge in [0.2, 0.25) is 11.9 Å². The van der Waals surface area contributed by atoms with Crippen molar-refractivity contribution in [3.63, 3.8) is 0 Å². The fourth-order valence-corrected chi connectivity index (χ4v) is 2.54. The van der Waals surface area contributed by atoms with Gasteiger partial charge in [0.1, 0.15) is 0 Å². The lowest BCUT2D eigenvalue weighted by atomic mass is 10.3. The van der Waals surface area contributed by atoms with E-state index in [2.05, 4.69) is 39.4 Å². The van der Waals surface area contributed by atoms with E-state index < -0.39 is 0 Å². The molecule has 2 rings (SSSR count). The van der Waals surface area contributed by atoms with Gasteiger partial charge in [-0.25, -0.2) is 4.99 Å². The van der Waals surface area contributed by atoms with E-state index in [4.69, 9.17) is 23.2 Å². The molecule has 0 amide bonds. The van der Waals surface area contributed by atoms with Crippen LogP contribution >= 0.6 is 35.6 Å². The molecule has 2 N–H and O–H groups in total. The number of rotatable bonds is 3. The van der Waals surface area contributed by atoms with Gasteiger partial charge in [-0.1, -0.05) is 23.2 Å². The molecule has 8 heteroatoms. The van der Waals surface area contributed by atoms with Crippen molar-refractivity contribution in [1.29, 1.82) is 0 Å². The number of hydrogen-bond acceptors (Lipinski definition) is 3. The quantitative estimate of drug-likeness (QED) is 0.597. The molecule has 1 heterocycles. The van der Waals surface area contributed by atoms with Crippen molar-refractivity contribution in [1.82, 2.24) is 10.2 Å². The Balaban J connectivity index is 0.00000288. The number of anilines is 1. The first-order chi connectivity index (χ1) is 10.9. The van der Waals surface area contributed by atoms with Gasteiger partial charge in [-0.05, 0) is 45.9 Å². The van der Waals surface area contributed by atoms with Gasteiger partial charge < -0.3 is 10.2 Å². The van der Waals surface area contributed by atoms with Crippen LogP contribution in [0, 0.1) is 0 Å². The highest BCUT2D eigenvalue weighted by molar-refractivity contribution is 6.42. The second-order valence-corrected chi connectivity index (χ2v) is 6.76. The largest absolute Gasteiger partial charge is 0.338 e. The van der Waals surface area contributed by atoms with Crippen LogP contribution < -0.4 is 10.6 Å². The van der Waals surface area contributed by atoms with Crippen molar-refractivity contribution >= 4 is 53.2 Å². The average molecular weight is 393 g/mol. The molecule has 1 aromatic rings. The Morgan fingerprint density at radius 1 is 1.17 bits per heavy atom. The first-order valence-electron chi connectivity index (χ1n) is 7.75. The fraction of sp³-hybridized carbons (Fsp3) is 0.500.